The van der Waals surface area contributed by atoms with Gasteiger partial charge in [-0.1, -0.05) is 12.1 Å². The number of hydrogen-bond donors (Lipinski definition) is 2. The average molecular weight is 419 g/mol. The molecule has 1 aromatic carbocycles. The Morgan fingerprint density at radius 2 is 2.03 bits per heavy atom. The Labute approximate surface area is 172 Å². The molecule has 2 aromatic rings. The first-order valence-electron chi connectivity index (χ1n) is 10.0. The topological polar surface area (TPSA) is 95.7 Å². The number of halogens is 2. The van der Waals surface area contributed by atoms with Crippen LogP contribution in [0, 0.1) is 23.5 Å². The summed E-state index contributed by atoms with van der Waals surface area (Å²) in [6.07, 6.45) is 2.75. The standard InChI is InChI=1S/C21H23F2N3O4/c1-11-2-5-18(11)26-7-6-16(14(10-26)21(28)29)24-20(27)17-9-19(30-25-17)13-4-3-12(22)8-15(13)23/h3-4,8-9,11,14,16,18H,2,5-7,10H2,1H3,(H,24,27)(H,28,29)/t11-,14-,16-,18+/m0/s1. The Kier molecular flexibility index (Phi) is 5.55. The van der Waals surface area contributed by atoms with Crippen LogP contribution < -0.4 is 5.32 Å². The summed E-state index contributed by atoms with van der Waals surface area (Å²) < 4.78 is 32.0. The number of likely N-dealkylation sites (tertiary alicyclic amines) is 1. The van der Waals surface area contributed by atoms with E-state index in [9.17, 15) is 23.5 Å². The van der Waals surface area contributed by atoms with Crippen molar-refractivity contribution < 1.29 is 28.0 Å². The van der Waals surface area contributed by atoms with E-state index >= 15 is 0 Å². The van der Waals surface area contributed by atoms with Gasteiger partial charge >= 0.3 is 5.97 Å². The van der Waals surface area contributed by atoms with Gasteiger partial charge in [-0.25, -0.2) is 8.78 Å². The van der Waals surface area contributed by atoms with Gasteiger partial charge in [-0.15, -0.1) is 0 Å². The van der Waals surface area contributed by atoms with Gasteiger partial charge < -0.3 is 14.9 Å². The maximum absolute atomic E-state index is 13.9. The highest BCUT2D eigenvalue weighted by molar-refractivity contribution is 5.93. The van der Waals surface area contributed by atoms with Crippen LogP contribution in [0.1, 0.15) is 36.7 Å². The van der Waals surface area contributed by atoms with Gasteiger partial charge in [-0.2, -0.15) is 0 Å². The number of carbonyl (C=O) groups excluding carboxylic acids is 1. The summed E-state index contributed by atoms with van der Waals surface area (Å²) in [7, 11) is 0. The first-order valence-corrected chi connectivity index (χ1v) is 10.0. The van der Waals surface area contributed by atoms with E-state index in [4.69, 9.17) is 4.52 Å². The minimum absolute atomic E-state index is 0.0128. The van der Waals surface area contributed by atoms with Gasteiger partial charge in [0.05, 0.1) is 11.5 Å². The van der Waals surface area contributed by atoms with Gasteiger partial charge in [0.2, 0.25) is 0 Å². The maximum Gasteiger partial charge on any atom is 0.309 e. The summed E-state index contributed by atoms with van der Waals surface area (Å²) in [5, 5.41) is 16.1. The molecule has 1 amide bonds. The summed E-state index contributed by atoms with van der Waals surface area (Å²) in [4.78, 5) is 26.6. The molecule has 2 N–H and O–H groups in total. The van der Waals surface area contributed by atoms with Crippen LogP contribution in [0.4, 0.5) is 8.78 Å². The lowest BCUT2D eigenvalue weighted by atomic mass is 9.78. The van der Waals surface area contributed by atoms with Gasteiger partial charge in [0.15, 0.2) is 11.5 Å². The number of aliphatic carboxylic acids is 1. The number of rotatable bonds is 5. The molecule has 160 valence electrons. The van der Waals surface area contributed by atoms with Crippen molar-refractivity contribution in [1.29, 1.82) is 0 Å². The fourth-order valence-corrected chi connectivity index (χ4v) is 4.33. The summed E-state index contributed by atoms with van der Waals surface area (Å²) >= 11 is 0. The van der Waals surface area contributed by atoms with Crippen LogP contribution in [-0.4, -0.2) is 52.2 Å². The molecule has 0 spiro atoms. The van der Waals surface area contributed by atoms with Crippen molar-refractivity contribution in [1.82, 2.24) is 15.4 Å². The van der Waals surface area contributed by atoms with E-state index in [2.05, 4.69) is 22.3 Å². The van der Waals surface area contributed by atoms with Gasteiger partial charge in [0.1, 0.15) is 11.6 Å². The third kappa shape index (κ3) is 3.94. The van der Waals surface area contributed by atoms with Gasteiger partial charge in [-0.05, 0) is 37.3 Å². The SMILES string of the molecule is C[C@H]1CC[C@H]1N1CC[C@H](NC(=O)c2cc(-c3ccc(F)cc3F)on2)[C@@H](C(=O)O)C1. The highest BCUT2D eigenvalue weighted by atomic mass is 19.1. The van der Waals surface area contributed by atoms with E-state index < -0.39 is 35.5 Å². The number of aromatic nitrogens is 1. The lowest BCUT2D eigenvalue weighted by Gasteiger charge is -2.47. The summed E-state index contributed by atoms with van der Waals surface area (Å²) in [5.74, 6) is -3.28. The molecule has 0 unspecified atom stereocenters. The molecule has 2 heterocycles. The van der Waals surface area contributed by atoms with E-state index in [0.29, 0.717) is 37.5 Å². The smallest absolute Gasteiger partial charge is 0.309 e. The van der Waals surface area contributed by atoms with Crippen LogP contribution >= 0.6 is 0 Å². The second-order valence-corrected chi connectivity index (χ2v) is 8.13. The van der Waals surface area contributed by atoms with Crippen molar-refractivity contribution >= 4 is 11.9 Å². The molecule has 4 rings (SSSR count). The highest BCUT2D eigenvalue weighted by Gasteiger charge is 2.41. The zero-order valence-corrected chi connectivity index (χ0v) is 16.5. The number of piperidine rings is 1. The van der Waals surface area contributed by atoms with Gasteiger partial charge in [0, 0.05) is 37.3 Å². The summed E-state index contributed by atoms with van der Waals surface area (Å²) in [6.45, 7) is 3.28. The minimum atomic E-state index is -0.953. The normalized spacial score (nSPS) is 26.8. The Morgan fingerprint density at radius 1 is 1.23 bits per heavy atom. The molecule has 7 nitrogen and oxygen atoms in total. The number of nitrogens with one attached hydrogen (secondary N) is 1. The maximum atomic E-state index is 13.9. The molecule has 4 atom stereocenters. The molecule has 30 heavy (non-hydrogen) atoms. The van der Waals surface area contributed by atoms with E-state index in [0.717, 1.165) is 18.9 Å². The molecule has 0 radical (unpaired) electrons. The quantitative estimate of drug-likeness (QED) is 0.774. The zero-order chi connectivity index (χ0) is 21.4. The monoisotopic (exact) mass is 419 g/mol. The van der Waals surface area contributed by atoms with Crippen LogP contribution in [0.15, 0.2) is 28.8 Å². The fourth-order valence-electron chi connectivity index (χ4n) is 4.33. The number of amides is 1. The van der Waals surface area contributed by atoms with Crippen LogP contribution in [-0.2, 0) is 4.79 Å². The highest BCUT2D eigenvalue weighted by Crippen LogP contribution is 2.34. The molecular formula is C21H23F2N3O4. The second kappa shape index (κ2) is 8.14. The molecule has 2 fully saturated rings. The average Bonchev–Trinajstić information content (AvgIpc) is 3.17. The van der Waals surface area contributed by atoms with Crippen LogP contribution in [0.25, 0.3) is 11.3 Å². The van der Waals surface area contributed by atoms with Crippen LogP contribution in [0.2, 0.25) is 0 Å². The summed E-state index contributed by atoms with van der Waals surface area (Å²) in [6, 6.07) is 4.12. The lowest BCUT2D eigenvalue weighted by Crippen LogP contribution is -2.58. The third-order valence-corrected chi connectivity index (χ3v) is 6.26. The van der Waals surface area contributed by atoms with E-state index in [1.165, 1.54) is 12.1 Å². The minimum Gasteiger partial charge on any atom is -0.481 e. The molecule has 1 aromatic heterocycles. The molecule has 2 aliphatic rings. The Morgan fingerprint density at radius 3 is 2.67 bits per heavy atom. The molecule has 0 bridgehead atoms. The van der Waals surface area contributed by atoms with Crippen molar-refractivity contribution in [2.75, 3.05) is 13.1 Å². The van der Waals surface area contributed by atoms with Crippen molar-refractivity contribution in [3.8, 4) is 11.3 Å². The molecule has 1 aliphatic carbocycles. The van der Waals surface area contributed by atoms with Crippen LogP contribution in [0.3, 0.4) is 0 Å². The number of carboxylic acids is 1. The molecule has 1 aliphatic heterocycles. The van der Waals surface area contributed by atoms with E-state index in [-0.39, 0.29) is 17.0 Å². The third-order valence-electron chi connectivity index (χ3n) is 6.26. The van der Waals surface area contributed by atoms with Crippen LogP contribution in [0.5, 0.6) is 0 Å². The Bertz CT molecular complexity index is 963. The number of hydrogen-bond acceptors (Lipinski definition) is 5. The van der Waals surface area contributed by atoms with E-state index in [1.807, 2.05) is 0 Å². The number of carboxylic acid groups (broad SMARTS) is 1. The molecular weight excluding hydrogens is 396 g/mol. The van der Waals surface area contributed by atoms with Crippen molar-refractivity contribution in [2.45, 2.75) is 38.3 Å². The molecule has 1 saturated carbocycles. The predicted molar refractivity (Wildman–Crippen MR) is 103 cm³/mol. The number of benzene rings is 1. The number of carbonyl (C=O) groups is 2. The molecule has 1 saturated heterocycles. The van der Waals surface area contributed by atoms with Gasteiger partial charge in [-0.3, -0.25) is 14.5 Å². The first-order chi connectivity index (χ1) is 14.3. The Hall–Kier alpha value is -2.81. The lowest BCUT2D eigenvalue weighted by molar-refractivity contribution is -0.145. The number of nitrogens with zero attached hydrogens (tertiary/aromatic N) is 2. The summed E-state index contributed by atoms with van der Waals surface area (Å²) in [5.41, 5.74) is -0.109. The second-order valence-electron chi connectivity index (χ2n) is 8.13. The first kappa shape index (κ1) is 20.5. The molecule has 9 heteroatoms. The van der Waals surface area contributed by atoms with Crippen molar-refractivity contribution in [2.24, 2.45) is 11.8 Å². The Balaban J connectivity index is 1.44. The van der Waals surface area contributed by atoms with Gasteiger partial charge in [0.25, 0.3) is 5.91 Å². The largest absolute Gasteiger partial charge is 0.481 e. The zero-order valence-electron chi connectivity index (χ0n) is 16.5. The fraction of sp³-hybridized carbons (Fsp3) is 0.476. The van der Waals surface area contributed by atoms with Crippen molar-refractivity contribution in [3.05, 3.63) is 41.6 Å². The van der Waals surface area contributed by atoms with Crippen molar-refractivity contribution in [3.63, 3.8) is 0 Å². The van der Waals surface area contributed by atoms with E-state index in [1.54, 1.807) is 0 Å². The predicted octanol–water partition coefficient (Wildman–Crippen LogP) is 2.92.